The lowest BCUT2D eigenvalue weighted by Crippen LogP contribution is -2.33. The monoisotopic (exact) mass is 205 g/mol. The molecule has 2 rings (SSSR count). The molecule has 0 amide bonds. The van der Waals surface area contributed by atoms with Crippen molar-refractivity contribution in [1.82, 2.24) is 4.90 Å². The molecule has 0 spiro atoms. The quantitative estimate of drug-likeness (QED) is 0.637. The number of hydrogen-bond donors (Lipinski definition) is 0. The lowest BCUT2D eigenvalue weighted by Gasteiger charge is -2.29. The van der Waals surface area contributed by atoms with Crippen molar-refractivity contribution in [2.75, 3.05) is 13.1 Å². The predicted molar refractivity (Wildman–Crippen MR) is 66.0 cm³/mol. The third kappa shape index (κ3) is 2.94. The van der Waals surface area contributed by atoms with Crippen molar-refractivity contribution < 1.29 is 0 Å². The standard InChI is InChI=1S/C14H23N/c1-12(2)5-3-6-13-8-10-15-9-4-7-14(15)11-13/h5,8,14H,3-4,6-7,9-11H2,1-2H3. The number of rotatable bonds is 3. The Hall–Kier alpha value is -0.560. The van der Waals surface area contributed by atoms with Gasteiger partial charge in [0, 0.05) is 12.6 Å². The molecule has 0 bridgehead atoms. The third-order valence-electron chi connectivity index (χ3n) is 3.63. The lowest BCUT2D eigenvalue weighted by molar-refractivity contribution is 0.263. The van der Waals surface area contributed by atoms with Crippen LogP contribution in [0.1, 0.15) is 46.0 Å². The Morgan fingerprint density at radius 3 is 3.20 bits per heavy atom. The zero-order valence-corrected chi connectivity index (χ0v) is 10.1. The van der Waals surface area contributed by atoms with E-state index in [1.54, 1.807) is 5.57 Å². The van der Waals surface area contributed by atoms with Crippen LogP contribution < -0.4 is 0 Å². The SMILES string of the molecule is CC(C)=CCCC1=CCN2CCCC2C1. The smallest absolute Gasteiger partial charge is 0.0168 e. The van der Waals surface area contributed by atoms with Crippen LogP contribution >= 0.6 is 0 Å². The summed E-state index contributed by atoms with van der Waals surface area (Å²) in [6.07, 6.45) is 11.6. The van der Waals surface area contributed by atoms with Gasteiger partial charge in [0.2, 0.25) is 0 Å². The summed E-state index contributed by atoms with van der Waals surface area (Å²) < 4.78 is 0. The van der Waals surface area contributed by atoms with Crippen LogP contribution in [0.4, 0.5) is 0 Å². The highest BCUT2D eigenvalue weighted by molar-refractivity contribution is 5.12. The van der Waals surface area contributed by atoms with Gasteiger partial charge in [0.05, 0.1) is 0 Å². The fourth-order valence-electron chi connectivity index (χ4n) is 2.75. The maximum Gasteiger partial charge on any atom is 0.0168 e. The van der Waals surface area contributed by atoms with Gasteiger partial charge in [-0.3, -0.25) is 4.90 Å². The van der Waals surface area contributed by atoms with E-state index in [0.717, 1.165) is 6.04 Å². The van der Waals surface area contributed by atoms with E-state index in [1.807, 2.05) is 0 Å². The summed E-state index contributed by atoms with van der Waals surface area (Å²) in [5.74, 6) is 0. The van der Waals surface area contributed by atoms with Gasteiger partial charge in [-0.25, -0.2) is 0 Å². The van der Waals surface area contributed by atoms with Gasteiger partial charge < -0.3 is 0 Å². The Bertz CT molecular complexity index is 271. The van der Waals surface area contributed by atoms with Crippen LogP contribution in [0.5, 0.6) is 0 Å². The van der Waals surface area contributed by atoms with Crippen molar-refractivity contribution >= 4 is 0 Å². The number of fused-ring (bicyclic) bond motifs is 1. The first-order chi connectivity index (χ1) is 7.25. The van der Waals surface area contributed by atoms with E-state index in [0.29, 0.717) is 0 Å². The van der Waals surface area contributed by atoms with E-state index in [9.17, 15) is 0 Å². The maximum absolute atomic E-state index is 2.64. The van der Waals surface area contributed by atoms with Gasteiger partial charge in [0.1, 0.15) is 0 Å². The molecule has 2 aliphatic rings. The van der Waals surface area contributed by atoms with Crippen molar-refractivity contribution in [2.24, 2.45) is 0 Å². The molecule has 1 heteroatoms. The molecule has 2 aliphatic heterocycles. The van der Waals surface area contributed by atoms with E-state index >= 15 is 0 Å². The highest BCUT2D eigenvalue weighted by Crippen LogP contribution is 2.28. The van der Waals surface area contributed by atoms with Gasteiger partial charge in [-0.05, 0) is 52.5 Å². The van der Waals surface area contributed by atoms with Gasteiger partial charge in [-0.15, -0.1) is 0 Å². The van der Waals surface area contributed by atoms with Crippen molar-refractivity contribution in [2.45, 2.75) is 52.0 Å². The molecule has 1 unspecified atom stereocenters. The maximum atomic E-state index is 2.64. The minimum absolute atomic E-state index is 0.886. The van der Waals surface area contributed by atoms with Crippen molar-refractivity contribution in [3.05, 3.63) is 23.3 Å². The first-order valence-corrected chi connectivity index (χ1v) is 6.31. The molecule has 0 N–H and O–H groups in total. The molecule has 0 aromatic heterocycles. The van der Waals surface area contributed by atoms with Gasteiger partial charge in [-0.1, -0.05) is 23.3 Å². The zero-order valence-electron chi connectivity index (χ0n) is 10.1. The predicted octanol–water partition coefficient (Wildman–Crippen LogP) is 3.53. The molecular formula is C14H23N. The summed E-state index contributed by atoms with van der Waals surface area (Å²) in [4.78, 5) is 2.64. The molecule has 0 aliphatic carbocycles. The van der Waals surface area contributed by atoms with Crippen LogP contribution in [0.15, 0.2) is 23.3 Å². The average Bonchev–Trinajstić information content (AvgIpc) is 2.64. The summed E-state index contributed by atoms with van der Waals surface area (Å²) in [5.41, 5.74) is 3.16. The molecule has 1 nitrogen and oxygen atoms in total. The van der Waals surface area contributed by atoms with Crippen molar-refractivity contribution in [1.29, 1.82) is 0 Å². The fraction of sp³-hybridized carbons (Fsp3) is 0.714. The van der Waals surface area contributed by atoms with E-state index in [1.165, 1.54) is 50.8 Å². The molecule has 0 aromatic carbocycles. The molecule has 15 heavy (non-hydrogen) atoms. The second-order valence-electron chi connectivity index (χ2n) is 5.18. The molecule has 1 atom stereocenters. The normalized spacial score (nSPS) is 26.0. The molecule has 1 saturated heterocycles. The molecule has 2 heterocycles. The fourth-order valence-corrected chi connectivity index (χ4v) is 2.75. The Kier molecular flexibility index (Phi) is 3.63. The molecular weight excluding hydrogens is 182 g/mol. The van der Waals surface area contributed by atoms with Gasteiger partial charge in [-0.2, -0.15) is 0 Å². The highest BCUT2D eigenvalue weighted by atomic mass is 15.2. The summed E-state index contributed by atoms with van der Waals surface area (Å²) in [7, 11) is 0. The van der Waals surface area contributed by atoms with E-state index in [-0.39, 0.29) is 0 Å². The van der Waals surface area contributed by atoms with Crippen LogP contribution in [0.25, 0.3) is 0 Å². The Morgan fingerprint density at radius 2 is 2.40 bits per heavy atom. The zero-order chi connectivity index (χ0) is 10.7. The topological polar surface area (TPSA) is 3.24 Å². The Labute approximate surface area is 93.9 Å². The highest BCUT2D eigenvalue weighted by Gasteiger charge is 2.26. The van der Waals surface area contributed by atoms with Crippen molar-refractivity contribution in [3.8, 4) is 0 Å². The van der Waals surface area contributed by atoms with E-state index in [4.69, 9.17) is 0 Å². The molecule has 84 valence electrons. The van der Waals surface area contributed by atoms with Crippen LogP contribution in [-0.4, -0.2) is 24.0 Å². The first-order valence-electron chi connectivity index (χ1n) is 6.31. The van der Waals surface area contributed by atoms with Crippen LogP contribution in [0.2, 0.25) is 0 Å². The van der Waals surface area contributed by atoms with Gasteiger partial charge >= 0.3 is 0 Å². The van der Waals surface area contributed by atoms with E-state index in [2.05, 4.69) is 30.9 Å². The van der Waals surface area contributed by atoms with Crippen molar-refractivity contribution in [3.63, 3.8) is 0 Å². The second kappa shape index (κ2) is 4.98. The minimum Gasteiger partial charge on any atom is -0.296 e. The van der Waals surface area contributed by atoms with Crippen LogP contribution in [0, 0.1) is 0 Å². The Morgan fingerprint density at radius 1 is 1.53 bits per heavy atom. The van der Waals surface area contributed by atoms with Gasteiger partial charge in [0.15, 0.2) is 0 Å². The summed E-state index contributed by atoms with van der Waals surface area (Å²) >= 11 is 0. The number of allylic oxidation sites excluding steroid dienone is 2. The molecule has 0 saturated carbocycles. The minimum atomic E-state index is 0.886. The third-order valence-corrected chi connectivity index (χ3v) is 3.63. The molecule has 1 fully saturated rings. The number of nitrogens with zero attached hydrogens (tertiary/aromatic N) is 1. The Balaban J connectivity index is 1.81. The largest absolute Gasteiger partial charge is 0.296 e. The number of hydrogen-bond acceptors (Lipinski definition) is 1. The second-order valence-corrected chi connectivity index (χ2v) is 5.18. The molecule has 0 aromatic rings. The van der Waals surface area contributed by atoms with Crippen LogP contribution in [-0.2, 0) is 0 Å². The van der Waals surface area contributed by atoms with E-state index < -0.39 is 0 Å². The first kappa shape index (κ1) is 10.9. The van der Waals surface area contributed by atoms with Gasteiger partial charge in [0.25, 0.3) is 0 Å². The summed E-state index contributed by atoms with van der Waals surface area (Å²) in [6, 6.07) is 0.886. The average molecular weight is 205 g/mol. The molecule has 0 radical (unpaired) electrons. The van der Waals surface area contributed by atoms with Crippen LogP contribution in [0.3, 0.4) is 0 Å². The lowest BCUT2D eigenvalue weighted by atomic mass is 9.96. The summed E-state index contributed by atoms with van der Waals surface area (Å²) in [6.45, 7) is 6.93. The summed E-state index contributed by atoms with van der Waals surface area (Å²) in [5, 5.41) is 0.